The van der Waals surface area contributed by atoms with Gasteiger partial charge in [0.05, 0.1) is 18.4 Å². The third-order valence-electron chi connectivity index (χ3n) is 3.00. The summed E-state index contributed by atoms with van der Waals surface area (Å²) >= 11 is 0. The molecule has 1 aliphatic rings. The number of nitrogens with one attached hydrogen (secondary N) is 1. The number of hydrogen-bond acceptors (Lipinski definition) is 3. The van der Waals surface area contributed by atoms with E-state index in [1.807, 2.05) is 0 Å². The van der Waals surface area contributed by atoms with E-state index in [9.17, 15) is 14.4 Å². The molecule has 0 aromatic rings. The molecule has 0 unspecified atom stereocenters. The van der Waals surface area contributed by atoms with Crippen LogP contribution in [0.15, 0.2) is 12.2 Å². The van der Waals surface area contributed by atoms with Gasteiger partial charge in [-0.15, -0.1) is 0 Å². The number of carbonyl (C=O) groups excluding carboxylic acids is 2. The van der Waals surface area contributed by atoms with Crippen LogP contribution >= 0.6 is 0 Å². The Hall–Kier alpha value is -1.85. The fraction of sp³-hybridized carbons (Fsp3) is 0.583. The molecule has 18 heavy (non-hydrogen) atoms. The van der Waals surface area contributed by atoms with E-state index in [0.29, 0.717) is 12.8 Å². The lowest BCUT2D eigenvalue weighted by molar-refractivity contribution is -0.147. The van der Waals surface area contributed by atoms with Gasteiger partial charge in [-0.25, -0.2) is 0 Å². The minimum absolute atomic E-state index is 0.0988. The number of allylic oxidation sites excluding steroid dienone is 2. The van der Waals surface area contributed by atoms with Crippen LogP contribution in [-0.4, -0.2) is 48.4 Å². The molecule has 0 heterocycles. The van der Waals surface area contributed by atoms with Crippen LogP contribution in [-0.2, 0) is 14.4 Å². The van der Waals surface area contributed by atoms with Gasteiger partial charge >= 0.3 is 5.97 Å². The monoisotopic (exact) mass is 254 g/mol. The zero-order valence-electron chi connectivity index (χ0n) is 10.5. The SMILES string of the molecule is CN(C)C(=O)CNC(=O)[C@@H]1CC=CC[C@@H]1C(=O)O. The van der Waals surface area contributed by atoms with E-state index in [1.165, 1.54) is 4.90 Å². The van der Waals surface area contributed by atoms with Crippen molar-refractivity contribution in [3.05, 3.63) is 12.2 Å². The Morgan fingerprint density at radius 1 is 1.22 bits per heavy atom. The minimum Gasteiger partial charge on any atom is -0.481 e. The average molecular weight is 254 g/mol. The Labute approximate surface area is 106 Å². The van der Waals surface area contributed by atoms with Crippen molar-refractivity contribution in [3.63, 3.8) is 0 Å². The Balaban J connectivity index is 2.57. The summed E-state index contributed by atoms with van der Waals surface area (Å²) < 4.78 is 0. The highest BCUT2D eigenvalue weighted by Crippen LogP contribution is 2.25. The number of carbonyl (C=O) groups is 3. The first-order valence-corrected chi connectivity index (χ1v) is 5.79. The van der Waals surface area contributed by atoms with E-state index in [2.05, 4.69) is 5.32 Å². The number of rotatable bonds is 4. The molecule has 0 saturated heterocycles. The van der Waals surface area contributed by atoms with Gasteiger partial charge in [0, 0.05) is 14.1 Å². The Bertz CT molecular complexity index is 376. The quantitative estimate of drug-likeness (QED) is 0.683. The lowest BCUT2D eigenvalue weighted by atomic mass is 9.82. The second kappa shape index (κ2) is 6.18. The molecular weight excluding hydrogens is 236 g/mol. The molecule has 0 fully saturated rings. The van der Waals surface area contributed by atoms with Crippen LogP contribution < -0.4 is 5.32 Å². The molecule has 1 rings (SSSR count). The van der Waals surface area contributed by atoms with Crippen molar-refractivity contribution >= 4 is 17.8 Å². The van der Waals surface area contributed by atoms with Crippen LogP contribution in [0, 0.1) is 11.8 Å². The zero-order valence-corrected chi connectivity index (χ0v) is 10.5. The smallest absolute Gasteiger partial charge is 0.307 e. The molecule has 1 aliphatic carbocycles. The summed E-state index contributed by atoms with van der Waals surface area (Å²) in [6, 6.07) is 0. The average Bonchev–Trinajstić information content (AvgIpc) is 2.35. The summed E-state index contributed by atoms with van der Waals surface area (Å²) in [4.78, 5) is 35.6. The Morgan fingerprint density at radius 2 is 1.78 bits per heavy atom. The van der Waals surface area contributed by atoms with Crippen molar-refractivity contribution in [2.24, 2.45) is 11.8 Å². The number of carboxylic acid groups (broad SMARTS) is 1. The molecular formula is C12H18N2O4. The molecule has 0 aromatic heterocycles. The molecule has 0 aromatic carbocycles. The first-order chi connectivity index (χ1) is 8.43. The Kier molecular flexibility index (Phi) is 4.88. The van der Waals surface area contributed by atoms with Crippen LogP contribution in [0.1, 0.15) is 12.8 Å². The van der Waals surface area contributed by atoms with E-state index in [4.69, 9.17) is 5.11 Å². The normalized spacial score (nSPS) is 22.3. The van der Waals surface area contributed by atoms with Crippen molar-refractivity contribution in [3.8, 4) is 0 Å². The first-order valence-electron chi connectivity index (χ1n) is 5.79. The summed E-state index contributed by atoms with van der Waals surface area (Å²) in [5, 5.41) is 11.5. The predicted octanol–water partition coefficient (Wildman–Crippen LogP) is -0.142. The third kappa shape index (κ3) is 3.58. The molecule has 6 heteroatoms. The summed E-state index contributed by atoms with van der Waals surface area (Å²) in [7, 11) is 3.19. The van der Waals surface area contributed by atoms with Crippen molar-refractivity contribution in [1.29, 1.82) is 0 Å². The second-order valence-corrected chi connectivity index (χ2v) is 4.50. The number of carboxylic acids is 1. The fourth-order valence-electron chi connectivity index (χ4n) is 1.83. The topological polar surface area (TPSA) is 86.7 Å². The summed E-state index contributed by atoms with van der Waals surface area (Å²) in [6.07, 6.45) is 4.33. The minimum atomic E-state index is -0.974. The maximum absolute atomic E-state index is 11.9. The molecule has 2 N–H and O–H groups in total. The van der Waals surface area contributed by atoms with E-state index in [-0.39, 0.29) is 18.4 Å². The fourth-order valence-corrected chi connectivity index (χ4v) is 1.83. The van der Waals surface area contributed by atoms with E-state index < -0.39 is 17.8 Å². The molecule has 2 atom stereocenters. The van der Waals surface area contributed by atoms with Gasteiger partial charge in [0.1, 0.15) is 0 Å². The van der Waals surface area contributed by atoms with Crippen LogP contribution in [0.5, 0.6) is 0 Å². The van der Waals surface area contributed by atoms with Crippen molar-refractivity contribution in [2.75, 3.05) is 20.6 Å². The predicted molar refractivity (Wildman–Crippen MR) is 64.7 cm³/mol. The molecule has 0 spiro atoms. The molecule has 0 radical (unpaired) electrons. The molecule has 6 nitrogen and oxygen atoms in total. The van der Waals surface area contributed by atoms with Gasteiger partial charge in [0.25, 0.3) is 0 Å². The lowest BCUT2D eigenvalue weighted by Gasteiger charge is -2.24. The number of likely N-dealkylation sites (N-methyl/N-ethyl adjacent to an activating group) is 1. The van der Waals surface area contributed by atoms with Crippen LogP contribution in [0.25, 0.3) is 0 Å². The maximum Gasteiger partial charge on any atom is 0.307 e. The van der Waals surface area contributed by atoms with E-state index >= 15 is 0 Å². The van der Waals surface area contributed by atoms with Crippen LogP contribution in [0.4, 0.5) is 0 Å². The Morgan fingerprint density at radius 3 is 2.28 bits per heavy atom. The highest BCUT2D eigenvalue weighted by molar-refractivity contribution is 5.88. The highest BCUT2D eigenvalue weighted by Gasteiger charge is 2.33. The molecule has 100 valence electrons. The zero-order chi connectivity index (χ0) is 13.7. The number of amides is 2. The second-order valence-electron chi connectivity index (χ2n) is 4.50. The number of hydrogen-bond donors (Lipinski definition) is 2. The first kappa shape index (κ1) is 14.2. The largest absolute Gasteiger partial charge is 0.481 e. The molecule has 2 amide bonds. The highest BCUT2D eigenvalue weighted by atomic mass is 16.4. The third-order valence-corrected chi connectivity index (χ3v) is 3.00. The lowest BCUT2D eigenvalue weighted by Crippen LogP contribution is -2.42. The van der Waals surface area contributed by atoms with Crippen LogP contribution in [0.2, 0.25) is 0 Å². The summed E-state index contributed by atoms with van der Waals surface area (Å²) in [5.74, 6) is -2.87. The number of aliphatic carboxylic acids is 1. The van der Waals surface area contributed by atoms with Crippen LogP contribution in [0.3, 0.4) is 0 Å². The van der Waals surface area contributed by atoms with Gasteiger partial charge in [0.2, 0.25) is 11.8 Å². The van der Waals surface area contributed by atoms with Gasteiger partial charge in [-0.3, -0.25) is 14.4 Å². The summed E-state index contributed by atoms with van der Waals surface area (Å²) in [5.41, 5.74) is 0. The van der Waals surface area contributed by atoms with E-state index in [0.717, 1.165) is 0 Å². The molecule has 0 aliphatic heterocycles. The van der Waals surface area contributed by atoms with Gasteiger partial charge < -0.3 is 15.3 Å². The van der Waals surface area contributed by atoms with Crippen molar-refractivity contribution < 1.29 is 19.5 Å². The van der Waals surface area contributed by atoms with Gasteiger partial charge in [0.15, 0.2) is 0 Å². The molecule has 0 saturated carbocycles. The number of nitrogens with zero attached hydrogens (tertiary/aromatic N) is 1. The van der Waals surface area contributed by atoms with Gasteiger partial charge in [-0.1, -0.05) is 12.2 Å². The van der Waals surface area contributed by atoms with Crippen molar-refractivity contribution in [2.45, 2.75) is 12.8 Å². The van der Waals surface area contributed by atoms with Crippen molar-refractivity contribution in [1.82, 2.24) is 10.2 Å². The van der Waals surface area contributed by atoms with Gasteiger partial charge in [-0.2, -0.15) is 0 Å². The molecule has 0 bridgehead atoms. The van der Waals surface area contributed by atoms with Gasteiger partial charge in [-0.05, 0) is 12.8 Å². The maximum atomic E-state index is 11.9. The summed E-state index contributed by atoms with van der Waals surface area (Å²) in [6.45, 7) is -0.0988. The van der Waals surface area contributed by atoms with E-state index in [1.54, 1.807) is 26.2 Å². The standard InChI is InChI=1S/C12H18N2O4/c1-14(2)10(15)7-13-11(16)8-5-3-4-6-9(8)12(17)18/h3-4,8-9H,5-7H2,1-2H3,(H,13,16)(H,17,18)/t8-,9+/m1/s1.